The third-order valence-electron chi connectivity index (χ3n) is 7.48. The fourth-order valence-electron chi connectivity index (χ4n) is 4.99. The van der Waals surface area contributed by atoms with Crippen LogP contribution in [0.2, 0.25) is 0 Å². The summed E-state index contributed by atoms with van der Waals surface area (Å²) in [6.07, 6.45) is 1.67. The maximum absolute atomic E-state index is 13.8. The number of aromatic nitrogens is 1. The minimum atomic E-state index is -0.590. The van der Waals surface area contributed by atoms with E-state index in [0.717, 1.165) is 37.4 Å². The standard InChI is InChI=1S/C39H32N4O3S2/c1-25-20-21-32-34(22-25)48-39(42-32)43-38(46)35(27-13-5-3-6-14-27)47-31-19-11-18-30(24-31)40-37(45)33(23-29-17-10-9-12-26(29)2)41-36(44)28-15-7-4-8-16-28/h3-24,35H,1-2H3,(H,40,45)(H,41,44)(H,42,43,46)/b33-23-. The molecule has 9 heteroatoms. The topological polar surface area (TPSA) is 100 Å². The third-order valence-corrected chi connectivity index (χ3v) is 9.66. The molecule has 48 heavy (non-hydrogen) atoms. The van der Waals surface area contributed by atoms with Crippen molar-refractivity contribution in [2.45, 2.75) is 24.0 Å². The van der Waals surface area contributed by atoms with Crippen molar-refractivity contribution in [3.05, 3.63) is 161 Å². The predicted molar refractivity (Wildman–Crippen MR) is 196 cm³/mol. The Morgan fingerprint density at radius 3 is 2.27 bits per heavy atom. The lowest BCUT2D eigenvalue weighted by molar-refractivity contribution is -0.116. The first-order chi connectivity index (χ1) is 23.3. The molecule has 1 atom stereocenters. The average molecular weight is 669 g/mol. The van der Waals surface area contributed by atoms with Gasteiger partial charge in [0.05, 0.1) is 10.2 Å². The van der Waals surface area contributed by atoms with Gasteiger partial charge in [0.15, 0.2) is 5.13 Å². The molecule has 0 spiro atoms. The lowest BCUT2D eigenvalue weighted by Crippen LogP contribution is -2.30. The van der Waals surface area contributed by atoms with E-state index in [2.05, 4.69) is 27.0 Å². The molecule has 3 amide bonds. The van der Waals surface area contributed by atoms with Crippen molar-refractivity contribution in [2.24, 2.45) is 0 Å². The van der Waals surface area contributed by atoms with Gasteiger partial charge in [-0.2, -0.15) is 0 Å². The molecule has 0 bridgehead atoms. The number of thiazole rings is 1. The SMILES string of the molecule is Cc1ccc2nc(NC(=O)C(Sc3cccc(NC(=O)/C(=C/c4ccccc4C)NC(=O)c4ccccc4)c3)c3ccccc3)sc2c1. The van der Waals surface area contributed by atoms with E-state index in [1.165, 1.54) is 23.1 Å². The van der Waals surface area contributed by atoms with Gasteiger partial charge in [-0.15, -0.1) is 11.8 Å². The van der Waals surface area contributed by atoms with E-state index in [-0.39, 0.29) is 11.6 Å². The van der Waals surface area contributed by atoms with Crippen LogP contribution in [0.3, 0.4) is 0 Å². The van der Waals surface area contributed by atoms with Crippen LogP contribution in [-0.2, 0) is 9.59 Å². The molecular weight excluding hydrogens is 637 g/mol. The molecule has 0 saturated carbocycles. The molecule has 238 valence electrons. The highest BCUT2D eigenvalue weighted by Gasteiger charge is 2.24. The number of thioether (sulfide) groups is 1. The molecule has 0 aliphatic heterocycles. The Morgan fingerprint density at radius 2 is 1.50 bits per heavy atom. The minimum absolute atomic E-state index is 0.101. The molecule has 0 radical (unpaired) electrons. The Kier molecular flexibility index (Phi) is 10.1. The van der Waals surface area contributed by atoms with Gasteiger partial charge in [-0.25, -0.2) is 4.98 Å². The molecule has 7 nitrogen and oxygen atoms in total. The van der Waals surface area contributed by atoms with E-state index < -0.39 is 17.1 Å². The van der Waals surface area contributed by atoms with Gasteiger partial charge in [0, 0.05) is 16.1 Å². The van der Waals surface area contributed by atoms with E-state index >= 15 is 0 Å². The molecule has 0 aliphatic rings. The normalized spacial score (nSPS) is 11.9. The Hall–Kier alpha value is -5.51. The number of hydrogen-bond donors (Lipinski definition) is 3. The number of aryl methyl sites for hydroxylation is 2. The van der Waals surface area contributed by atoms with Gasteiger partial charge in [0.1, 0.15) is 10.9 Å². The second kappa shape index (κ2) is 14.9. The van der Waals surface area contributed by atoms with Crippen molar-refractivity contribution >= 4 is 67.9 Å². The molecule has 1 aromatic heterocycles. The number of rotatable bonds is 10. The van der Waals surface area contributed by atoms with Crippen LogP contribution in [0, 0.1) is 13.8 Å². The average Bonchev–Trinajstić information content (AvgIpc) is 3.49. The largest absolute Gasteiger partial charge is 0.321 e. The van der Waals surface area contributed by atoms with Crippen molar-refractivity contribution in [1.29, 1.82) is 0 Å². The number of amides is 3. The predicted octanol–water partition coefficient (Wildman–Crippen LogP) is 8.79. The molecule has 1 heterocycles. The second-order valence-corrected chi connectivity index (χ2v) is 13.3. The fraction of sp³-hybridized carbons (Fsp3) is 0.0769. The van der Waals surface area contributed by atoms with E-state index in [0.29, 0.717) is 16.4 Å². The second-order valence-electron chi connectivity index (χ2n) is 11.1. The van der Waals surface area contributed by atoms with Crippen LogP contribution >= 0.6 is 23.1 Å². The molecule has 0 saturated heterocycles. The smallest absolute Gasteiger partial charge is 0.272 e. The van der Waals surface area contributed by atoms with Crippen molar-refractivity contribution in [1.82, 2.24) is 10.3 Å². The summed E-state index contributed by atoms with van der Waals surface area (Å²) in [7, 11) is 0. The first-order valence-corrected chi connectivity index (χ1v) is 17.0. The maximum Gasteiger partial charge on any atom is 0.272 e. The van der Waals surface area contributed by atoms with Gasteiger partial charge in [0.25, 0.3) is 11.8 Å². The van der Waals surface area contributed by atoms with Gasteiger partial charge in [0.2, 0.25) is 5.91 Å². The number of hydrogen-bond acceptors (Lipinski definition) is 6. The van der Waals surface area contributed by atoms with Crippen molar-refractivity contribution in [3.63, 3.8) is 0 Å². The summed E-state index contributed by atoms with van der Waals surface area (Å²) < 4.78 is 1.01. The Bertz CT molecular complexity index is 2130. The number of fused-ring (bicyclic) bond motifs is 1. The summed E-state index contributed by atoms with van der Waals surface area (Å²) in [5.41, 5.74) is 5.62. The van der Waals surface area contributed by atoms with E-state index in [9.17, 15) is 14.4 Å². The molecule has 0 aliphatic carbocycles. The van der Waals surface area contributed by atoms with E-state index in [4.69, 9.17) is 0 Å². The Balaban J connectivity index is 1.23. The number of nitrogens with zero attached hydrogens (tertiary/aromatic N) is 1. The molecule has 6 aromatic rings. The maximum atomic E-state index is 13.8. The number of nitrogens with one attached hydrogen (secondary N) is 3. The summed E-state index contributed by atoms with van der Waals surface area (Å²) >= 11 is 2.81. The van der Waals surface area contributed by atoms with Gasteiger partial charge in [-0.3, -0.25) is 14.4 Å². The lowest BCUT2D eigenvalue weighted by Gasteiger charge is -2.17. The van der Waals surface area contributed by atoms with E-state index in [1.807, 2.05) is 105 Å². The summed E-state index contributed by atoms with van der Waals surface area (Å²) in [6, 6.07) is 39.2. The van der Waals surface area contributed by atoms with Crippen LogP contribution in [0.15, 0.2) is 138 Å². The van der Waals surface area contributed by atoms with Crippen LogP contribution in [0.4, 0.5) is 10.8 Å². The first-order valence-electron chi connectivity index (χ1n) is 15.3. The van der Waals surface area contributed by atoms with Crippen LogP contribution in [0.5, 0.6) is 0 Å². The molecular formula is C39H32N4O3S2. The van der Waals surface area contributed by atoms with Crippen LogP contribution in [-0.4, -0.2) is 22.7 Å². The molecule has 1 unspecified atom stereocenters. The number of anilines is 2. The fourth-order valence-corrected chi connectivity index (χ4v) is 7.04. The summed E-state index contributed by atoms with van der Waals surface area (Å²) in [5, 5.41) is 8.70. The molecule has 3 N–H and O–H groups in total. The summed E-state index contributed by atoms with van der Waals surface area (Å²) in [5.74, 6) is -1.08. The molecule has 5 aromatic carbocycles. The van der Waals surface area contributed by atoms with Crippen LogP contribution in [0.1, 0.15) is 37.9 Å². The van der Waals surface area contributed by atoms with Gasteiger partial charge in [-0.05, 0) is 84.6 Å². The quantitative estimate of drug-likeness (QED) is 0.100. The highest BCUT2D eigenvalue weighted by Crippen LogP contribution is 2.38. The lowest BCUT2D eigenvalue weighted by atomic mass is 10.1. The third kappa shape index (κ3) is 8.06. The highest BCUT2D eigenvalue weighted by molar-refractivity contribution is 8.00. The Labute approximate surface area is 287 Å². The van der Waals surface area contributed by atoms with Gasteiger partial charge < -0.3 is 16.0 Å². The van der Waals surface area contributed by atoms with Crippen LogP contribution in [0.25, 0.3) is 16.3 Å². The number of benzene rings is 5. The molecule has 0 fully saturated rings. The zero-order valence-electron chi connectivity index (χ0n) is 26.3. The zero-order valence-corrected chi connectivity index (χ0v) is 27.9. The summed E-state index contributed by atoms with van der Waals surface area (Å²) in [4.78, 5) is 45.9. The number of carbonyl (C=O) groups excluding carboxylic acids is 3. The highest BCUT2D eigenvalue weighted by atomic mass is 32.2. The van der Waals surface area contributed by atoms with Crippen molar-refractivity contribution < 1.29 is 14.4 Å². The van der Waals surface area contributed by atoms with Crippen molar-refractivity contribution in [3.8, 4) is 0 Å². The van der Waals surface area contributed by atoms with Gasteiger partial charge >= 0.3 is 0 Å². The van der Waals surface area contributed by atoms with Crippen molar-refractivity contribution in [2.75, 3.05) is 10.6 Å². The van der Waals surface area contributed by atoms with E-state index in [1.54, 1.807) is 36.4 Å². The minimum Gasteiger partial charge on any atom is -0.321 e. The first kappa shape index (κ1) is 32.4. The Morgan fingerprint density at radius 1 is 0.771 bits per heavy atom. The van der Waals surface area contributed by atoms with Gasteiger partial charge in [-0.1, -0.05) is 96.3 Å². The monoisotopic (exact) mass is 668 g/mol. The molecule has 6 rings (SSSR count). The number of carbonyl (C=O) groups is 3. The zero-order chi connectivity index (χ0) is 33.5. The van der Waals surface area contributed by atoms with Crippen LogP contribution < -0.4 is 16.0 Å². The summed E-state index contributed by atoms with van der Waals surface area (Å²) in [6.45, 7) is 3.97.